The molecule has 2 heterocycles. The monoisotopic (exact) mass is 324 g/mol. The summed E-state index contributed by atoms with van der Waals surface area (Å²) >= 11 is 6.01. The van der Waals surface area contributed by atoms with Gasteiger partial charge in [0.05, 0.1) is 12.1 Å². The number of hydrogen-bond donors (Lipinski definition) is 1. The summed E-state index contributed by atoms with van der Waals surface area (Å²) in [5, 5.41) is 8.65. The lowest BCUT2D eigenvalue weighted by Crippen LogP contribution is -2.28. The number of aromatic nitrogens is 3. The molecule has 4 nitrogen and oxygen atoms in total. The van der Waals surface area contributed by atoms with Gasteiger partial charge >= 0.3 is 0 Å². The first-order valence-corrected chi connectivity index (χ1v) is 8.07. The predicted octanol–water partition coefficient (Wildman–Crippen LogP) is 4.39. The van der Waals surface area contributed by atoms with Crippen molar-refractivity contribution in [1.29, 1.82) is 0 Å². The zero-order valence-electron chi connectivity index (χ0n) is 12.8. The molecule has 2 atom stereocenters. The van der Waals surface area contributed by atoms with E-state index in [1.807, 2.05) is 16.8 Å². The van der Waals surface area contributed by atoms with Crippen molar-refractivity contribution < 1.29 is 0 Å². The van der Waals surface area contributed by atoms with Gasteiger partial charge in [0.1, 0.15) is 6.33 Å². The lowest BCUT2D eigenvalue weighted by atomic mass is 9.91. The Morgan fingerprint density at radius 3 is 2.70 bits per heavy atom. The average molecular weight is 325 g/mol. The standard InChI is InChI=1S/C18H17ClN4/c1-12-4-2-3-5-15(12)17-10-16(13-6-8-14(19)9-7-13)22-18-20-11-21-23(17)18/h2-9,11,16-17H,10H2,1H3,(H,20,21,22)/t16-,17+/m0/s1. The number of halogens is 1. The highest BCUT2D eigenvalue weighted by Crippen LogP contribution is 2.38. The Balaban J connectivity index is 1.75. The number of rotatable bonds is 2. The maximum atomic E-state index is 6.01. The molecule has 0 amide bonds. The topological polar surface area (TPSA) is 42.7 Å². The molecule has 0 saturated carbocycles. The van der Waals surface area contributed by atoms with Gasteiger partial charge in [0.25, 0.3) is 0 Å². The van der Waals surface area contributed by atoms with Crippen LogP contribution in [-0.2, 0) is 0 Å². The number of fused-ring (bicyclic) bond motifs is 1. The van der Waals surface area contributed by atoms with Crippen molar-refractivity contribution in [3.63, 3.8) is 0 Å². The van der Waals surface area contributed by atoms with Gasteiger partial charge in [0, 0.05) is 5.02 Å². The van der Waals surface area contributed by atoms with E-state index in [1.54, 1.807) is 6.33 Å². The molecule has 1 aromatic heterocycles. The molecule has 4 rings (SSSR count). The van der Waals surface area contributed by atoms with Crippen molar-refractivity contribution in [2.24, 2.45) is 0 Å². The van der Waals surface area contributed by atoms with Gasteiger partial charge in [-0.1, -0.05) is 48.0 Å². The van der Waals surface area contributed by atoms with Crippen LogP contribution in [0.3, 0.4) is 0 Å². The van der Waals surface area contributed by atoms with E-state index >= 15 is 0 Å². The molecule has 0 fully saturated rings. The number of aryl methyl sites for hydroxylation is 1. The highest BCUT2D eigenvalue weighted by atomic mass is 35.5. The molecular weight excluding hydrogens is 308 g/mol. The Bertz CT molecular complexity index is 825. The first-order chi connectivity index (χ1) is 11.2. The highest BCUT2D eigenvalue weighted by Gasteiger charge is 2.30. The highest BCUT2D eigenvalue weighted by molar-refractivity contribution is 6.30. The molecule has 1 aliphatic rings. The fraction of sp³-hybridized carbons (Fsp3) is 0.222. The van der Waals surface area contributed by atoms with E-state index in [4.69, 9.17) is 11.6 Å². The number of nitrogens with zero attached hydrogens (tertiary/aromatic N) is 3. The van der Waals surface area contributed by atoms with Crippen LogP contribution in [-0.4, -0.2) is 14.8 Å². The summed E-state index contributed by atoms with van der Waals surface area (Å²) in [6.45, 7) is 2.14. The van der Waals surface area contributed by atoms with Crippen LogP contribution in [0.15, 0.2) is 54.9 Å². The number of hydrogen-bond acceptors (Lipinski definition) is 3. The Labute approximate surface area is 140 Å². The molecule has 0 bridgehead atoms. The molecule has 0 radical (unpaired) electrons. The maximum absolute atomic E-state index is 6.01. The second-order valence-corrected chi connectivity index (χ2v) is 6.32. The van der Waals surface area contributed by atoms with E-state index in [0.717, 1.165) is 17.4 Å². The predicted molar refractivity (Wildman–Crippen MR) is 91.8 cm³/mol. The van der Waals surface area contributed by atoms with Crippen molar-refractivity contribution in [2.45, 2.75) is 25.4 Å². The zero-order valence-corrected chi connectivity index (χ0v) is 13.5. The number of benzene rings is 2. The third-order valence-corrected chi connectivity index (χ3v) is 4.70. The van der Waals surface area contributed by atoms with Crippen molar-refractivity contribution in [1.82, 2.24) is 14.8 Å². The first-order valence-electron chi connectivity index (χ1n) is 7.69. The van der Waals surface area contributed by atoms with Gasteiger partial charge in [-0.2, -0.15) is 10.1 Å². The van der Waals surface area contributed by atoms with Gasteiger partial charge in [-0.3, -0.25) is 0 Å². The fourth-order valence-electron chi connectivity index (χ4n) is 3.25. The van der Waals surface area contributed by atoms with E-state index in [-0.39, 0.29) is 12.1 Å². The molecular formula is C18H17ClN4. The minimum Gasteiger partial charge on any atom is -0.348 e. The molecule has 0 aliphatic carbocycles. The van der Waals surface area contributed by atoms with Crippen LogP contribution in [0, 0.1) is 6.92 Å². The van der Waals surface area contributed by atoms with Crippen molar-refractivity contribution in [3.8, 4) is 0 Å². The Morgan fingerprint density at radius 2 is 1.91 bits per heavy atom. The largest absolute Gasteiger partial charge is 0.348 e. The molecule has 23 heavy (non-hydrogen) atoms. The van der Waals surface area contributed by atoms with Crippen LogP contribution in [0.1, 0.15) is 35.2 Å². The molecule has 0 unspecified atom stereocenters. The first kappa shape index (κ1) is 14.3. The molecule has 5 heteroatoms. The zero-order chi connectivity index (χ0) is 15.8. The summed E-state index contributed by atoms with van der Waals surface area (Å²) in [6.07, 6.45) is 2.53. The average Bonchev–Trinajstić information content (AvgIpc) is 3.04. The lowest BCUT2D eigenvalue weighted by Gasteiger charge is -2.32. The van der Waals surface area contributed by atoms with Gasteiger partial charge in [-0.15, -0.1) is 0 Å². The van der Waals surface area contributed by atoms with E-state index in [1.165, 1.54) is 16.7 Å². The van der Waals surface area contributed by atoms with Crippen LogP contribution >= 0.6 is 11.6 Å². The fourth-order valence-corrected chi connectivity index (χ4v) is 3.38. The van der Waals surface area contributed by atoms with E-state index in [0.29, 0.717) is 0 Å². The third-order valence-electron chi connectivity index (χ3n) is 4.45. The van der Waals surface area contributed by atoms with E-state index < -0.39 is 0 Å². The smallest absolute Gasteiger partial charge is 0.222 e. The van der Waals surface area contributed by atoms with Crippen molar-refractivity contribution in [2.75, 3.05) is 5.32 Å². The minimum atomic E-state index is 0.177. The summed E-state index contributed by atoms with van der Waals surface area (Å²) < 4.78 is 1.98. The SMILES string of the molecule is Cc1ccccc1[C@H]1C[C@@H](c2ccc(Cl)cc2)Nc2ncnn21. The van der Waals surface area contributed by atoms with Crippen LogP contribution in [0.5, 0.6) is 0 Å². The molecule has 3 aromatic rings. The molecule has 2 aromatic carbocycles. The van der Waals surface area contributed by atoms with Gasteiger partial charge in [0.2, 0.25) is 5.95 Å². The van der Waals surface area contributed by atoms with E-state index in [9.17, 15) is 0 Å². The van der Waals surface area contributed by atoms with E-state index in [2.05, 4.69) is 58.7 Å². The van der Waals surface area contributed by atoms with Crippen LogP contribution in [0.2, 0.25) is 5.02 Å². The van der Waals surface area contributed by atoms with Gasteiger partial charge in [-0.05, 0) is 42.2 Å². The summed E-state index contributed by atoms with van der Waals surface area (Å²) in [4.78, 5) is 4.37. The normalized spacial score (nSPS) is 19.9. The van der Waals surface area contributed by atoms with Gasteiger partial charge in [0.15, 0.2) is 0 Å². The number of nitrogens with one attached hydrogen (secondary N) is 1. The third kappa shape index (κ3) is 2.59. The van der Waals surface area contributed by atoms with Gasteiger partial charge in [-0.25, -0.2) is 4.68 Å². The Kier molecular flexibility index (Phi) is 3.54. The molecule has 0 spiro atoms. The second kappa shape index (κ2) is 5.70. The molecule has 1 N–H and O–H groups in total. The molecule has 0 saturated heterocycles. The molecule has 1 aliphatic heterocycles. The Hall–Kier alpha value is -2.33. The summed E-state index contributed by atoms with van der Waals surface area (Å²) in [5.41, 5.74) is 3.78. The quantitative estimate of drug-likeness (QED) is 0.760. The molecule has 116 valence electrons. The lowest BCUT2D eigenvalue weighted by molar-refractivity contribution is 0.429. The van der Waals surface area contributed by atoms with Crippen LogP contribution in [0.25, 0.3) is 0 Å². The summed E-state index contributed by atoms with van der Waals surface area (Å²) in [5.74, 6) is 0.810. The maximum Gasteiger partial charge on any atom is 0.222 e. The van der Waals surface area contributed by atoms with Gasteiger partial charge < -0.3 is 5.32 Å². The van der Waals surface area contributed by atoms with Crippen molar-refractivity contribution in [3.05, 3.63) is 76.6 Å². The van der Waals surface area contributed by atoms with Crippen molar-refractivity contribution >= 4 is 17.5 Å². The van der Waals surface area contributed by atoms with Crippen LogP contribution in [0.4, 0.5) is 5.95 Å². The Morgan fingerprint density at radius 1 is 1.13 bits per heavy atom. The van der Waals surface area contributed by atoms with Crippen LogP contribution < -0.4 is 5.32 Å². The number of anilines is 1. The summed E-state index contributed by atoms with van der Waals surface area (Å²) in [6, 6.07) is 16.8. The minimum absolute atomic E-state index is 0.177. The second-order valence-electron chi connectivity index (χ2n) is 5.88. The summed E-state index contributed by atoms with van der Waals surface area (Å²) in [7, 11) is 0.